The van der Waals surface area contributed by atoms with Gasteiger partial charge < -0.3 is 4.90 Å². The smallest absolute Gasteiger partial charge is 0.227 e. The lowest BCUT2D eigenvalue weighted by Crippen LogP contribution is -2.27. The lowest BCUT2D eigenvalue weighted by atomic mass is 10.1. The van der Waals surface area contributed by atoms with E-state index in [-0.39, 0.29) is 5.91 Å². The van der Waals surface area contributed by atoms with Gasteiger partial charge in [-0.15, -0.1) is 0 Å². The van der Waals surface area contributed by atoms with Gasteiger partial charge in [0.05, 0.1) is 6.42 Å². The molecule has 2 aromatic carbocycles. The molecule has 0 heterocycles. The third-order valence-electron chi connectivity index (χ3n) is 3.23. The van der Waals surface area contributed by atoms with Crippen LogP contribution in [-0.4, -0.2) is 17.9 Å². The average Bonchev–Trinajstić information content (AvgIpc) is 2.44. The minimum Gasteiger partial charge on any atom is -0.341 e. The summed E-state index contributed by atoms with van der Waals surface area (Å²) in [6.45, 7) is 2.69. The van der Waals surface area contributed by atoms with Crippen molar-refractivity contribution in [2.24, 2.45) is 0 Å². The molecule has 0 aliphatic rings. The van der Waals surface area contributed by atoms with E-state index in [0.717, 1.165) is 11.1 Å². The van der Waals surface area contributed by atoms with Crippen LogP contribution in [0.5, 0.6) is 0 Å². The molecule has 0 N–H and O–H groups in total. The molecule has 0 saturated carbocycles. The standard InChI is InChI=1S/C17H18ClNO/c1-13-3-5-15(6-4-13)12-19(2)17(20)11-14-7-9-16(18)10-8-14/h3-10H,11-12H2,1-2H3. The molecular weight excluding hydrogens is 270 g/mol. The van der Waals surface area contributed by atoms with Crippen molar-refractivity contribution in [2.45, 2.75) is 19.9 Å². The average molecular weight is 288 g/mol. The predicted octanol–water partition coefficient (Wildman–Crippen LogP) is 3.85. The zero-order chi connectivity index (χ0) is 14.5. The van der Waals surface area contributed by atoms with Crippen LogP contribution in [0.15, 0.2) is 48.5 Å². The van der Waals surface area contributed by atoms with E-state index in [1.807, 2.05) is 31.3 Å². The summed E-state index contributed by atoms with van der Waals surface area (Å²) in [4.78, 5) is 13.9. The number of halogens is 1. The molecule has 0 unspecified atom stereocenters. The van der Waals surface area contributed by atoms with Crippen LogP contribution in [0, 0.1) is 6.92 Å². The van der Waals surface area contributed by atoms with Gasteiger partial charge in [0.15, 0.2) is 0 Å². The maximum Gasteiger partial charge on any atom is 0.227 e. The first-order chi connectivity index (χ1) is 9.54. The van der Waals surface area contributed by atoms with Gasteiger partial charge in [0.25, 0.3) is 0 Å². The minimum absolute atomic E-state index is 0.105. The monoisotopic (exact) mass is 287 g/mol. The van der Waals surface area contributed by atoms with Crippen molar-refractivity contribution in [1.29, 1.82) is 0 Å². The van der Waals surface area contributed by atoms with Gasteiger partial charge in [-0.3, -0.25) is 4.79 Å². The first-order valence-electron chi connectivity index (χ1n) is 6.58. The van der Waals surface area contributed by atoms with Gasteiger partial charge in [-0.05, 0) is 30.2 Å². The van der Waals surface area contributed by atoms with E-state index in [0.29, 0.717) is 18.0 Å². The summed E-state index contributed by atoms with van der Waals surface area (Å²) >= 11 is 5.84. The molecule has 2 aromatic rings. The number of likely N-dealkylation sites (N-methyl/N-ethyl adjacent to an activating group) is 1. The lowest BCUT2D eigenvalue weighted by Gasteiger charge is -2.17. The number of benzene rings is 2. The highest BCUT2D eigenvalue weighted by atomic mass is 35.5. The fraction of sp³-hybridized carbons (Fsp3) is 0.235. The fourth-order valence-electron chi connectivity index (χ4n) is 1.97. The van der Waals surface area contributed by atoms with Gasteiger partial charge in [-0.1, -0.05) is 53.6 Å². The first kappa shape index (κ1) is 14.6. The Labute approximate surface area is 125 Å². The van der Waals surface area contributed by atoms with E-state index in [2.05, 4.69) is 31.2 Å². The molecule has 0 atom stereocenters. The number of carbonyl (C=O) groups excluding carboxylic acids is 1. The highest BCUT2D eigenvalue weighted by Crippen LogP contribution is 2.12. The number of aryl methyl sites for hydroxylation is 1. The van der Waals surface area contributed by atoms with Crippen molar-refractivity contribution in [3.8, 4) is 0 Å². The molecule has 2 nitrogen and oxygen atoms in total. The minimum atomic E-state index is 0.105. The molecule has 0 aliphatic carbocycles. The molecule has 2 rings (SSSR count). The Morgan fingerprint density at radius 1 is 1.00 bits per heavy atom. The molecule has 20 heavy (non-hydrogen) atoms. The van der Waals surface area contributed by atoms with Crippen molar-refractivity contribution in [3.63, 3.8) is 0 Å². The van der Waals surface area contributed by atoms with Crippen LogP contribution in [0.2, 0.25) is 5.02 Å². The maximum atomic E-state index is 12.2. The van der Waals surface area contributed by atoms with Crippen LogP contribution in [0.3, 0.4) is 0 Å². The molecule has 3 heteroatoms. The molecule has 0 saturated heterocycles. The molecule has 0 bridgehead atoms. The quantitative estimate of drug-likeness (QED) is 0.836. The summed E-state index contributed by atoms with van der Waals surface area (Å²) in [7, 11) is 1.83. The van der Waals surface area contributed by atoms with Crippen LogP contribution >= 0.6 is 11.6 Å². The molecular formula is C17H18ClNO. The zero-order valence-electron chi connectivity index (χ0n) is 11.8. The van der Waals surface area contributed by atoms with Gasteiger partial charge in [-0.25, -0.2) is 0 Å². The maximum absolute atomic E-state index is 12.2. The predicted molar refractivity (Wildman–Crippen MR) is 82.8 cm³/mol. The molecule has 0 aliphatic heterocycles. The van der Waals surface area contributed by atoms with Gasteiger partial charge in [0.2, 0.25) is 5.91 Å². The number of nitrogens with zero attached hydrogens (tertiary/aromatic N) is 1. The van der Waals surface area contributed by atoms with Crippen molar-refractivity contribution in [1.82, 2.24) is 4.90 Å². The Kier molecular flexibility index (Phi) is 4.80. The summed E-state index contributed by atoms with van der Waals surface area (Å²) in [6.07, 6.45) is 0.402. The number of carbonyl (C=O) groups is 1. The van der Waals surface area contributed by atoms with Crippen molar-refractivity contribution in [2.75, 3.05) is 7.05 Å². The van der Waals surface area contributed by atoms with Gasteiger partial charge >= 0.3 is 0 Å². The second-order valence-electron chi connectivity index (χ2n) is 5.04. The molecule has 104 valence electrons. The highest BCUT2D eigenvalue weighted by molar-refractivity contribution is 6.30. The van der Waals surface area contributed by atoms with E-state index >= 15 is 0 Å². The Morgan fingerprint density at radius 2 is 1.55 bits per heavy atom. The number of amides is 1. The summed E-state index contributed by atoms with van der Waals surface area (Å²) in [5.41, 5.74) is 3.35. The van der Waals surface area contributed by atoms with Crippen LogP contribution in [0.1, 0.15) is 16.7 Å². The third-order valence-corrected chi connectivity index (χ3v) is 3.49. The largest absolute Gasteiger partial charge is 0.341 e. The van der Waals surface area contributed by atoms with Crippen LogP contribution in [-0.2, 0) is 17.8 Å². The van der Waals surface area contributed by atoms with E-state index in [9.17, 15) is 4.79 Å². The molecule has 0 fully saturated rings. The lowest BCUT2D eigenvalue weighted by molar-refractivity contribution is -0.129. The van der Waals surface area contributed by atoms with Gasteiger partial charge in [-0.2, -0.15) is 0 Å². The normalized spacial score (nSPS) is 10.3. The number of hydrogen-bond donors (Lipinski definition) is 0. The van der Waals surface area contributed by atoms with Crippen LogP contribution < -0.4 is 0 Å². The molecule has 0 aromatic heterocycles. The van der Waals surface area contributed by atoms with Crippen molar-refractivity contribution in [3.05, 3.63) is 70.2 Å². The third kappa shape index (κ3) is 4.10. The molecule has 0 spiro atoms. The number of hydrogen-bond acceptors (Lipinski definition) is 1. The van der Waals surface area contributed by atoms with E-state index in [1.165, 1.54) is 5.56 Å². The molecule has 1 amide bonds. The summed E-state index contributed by atoms with van der Waals surface area (Å²) in [5, 5.41) is 0.689. The van der Waals surface area contributed by atoms with Crippen LogP contribution in [0.4, 0.5) is 0 Å². The highest BCUT2D eigenvalue weighted by Gasteiger charge is 2.10. The van der Waals surface area contributed by atoms with E-state index in [1.54, 1.807) is 4.90 Å². The summed E-state index contributed by atoms with van der Waals surface area (Å²) < 4.78 is 0. The summed E-state index contributed by atoms with van der Waals surface area (Å²) in [5.74, 6) is 0.105. The van der Waals surface area contributed by atoms with E-state index in [4.69, 9.17) is 11.6 Å². The Balaban J connectivity index is 1.94. The SMILES string of the molecule is Cc1ccc(CN(C)C(=O)Cc2ccc(Cl)cc2)cc1. The Morgan fingerprint density at radius 3 is 2.15 bits per heavy atom. The van der Waals surface area contributed by atoms with Crippen LogP contribution in [0.25, 0.3) is 0 Å². The Bertz CT molecular complexity index is 575. The van der Waals surface area contributed by atoms with Crippen molar-refractivity contribution >= 4 is 17.5 Å². The second-order valence-corrected chi connectivity index (χ2v) is 5.48. The summed E-state index contributed by atoms with van der Waals surface area (Å²) in [6, 6.07) is 15.6. The Hall–Kier alpha value is -1.80. The van der Waals surface area contributed by atoms with Gasteiger partial charge in [0, 0.05) is 18.6 Å². The number of rotatable bonds is 4. The van der Waals surface area contributed by atoms with E-state index < -0.39 is 0 Å². The topological polar surface area (TPSA) is 20.3 Å². The second kappa shape index (κ2) is 6.58. The fourth-order valence-corrected chi connectivity index (χ4v) is 2.09. The first-order valence-corrected chi connectivity index (χ1v) is 6.96. The van der Waals surface area contributed by atoms with Gasteiger partial charge in [0.1, 0.15) is 0 Å². The molecule has 0 radical (unpaired) electrons. The van der Waals surface area contributed by atoms with Crippen molar-refractivity contribution < 1.29 is 4.79 Å². The zero-order valence-corrected chi connectivity index (χ0v) is 12.5.